The molecule has 1 atom stereocenters. The molecule has 0 heterocycles. The van der Waals surface area contributed by atoms with Crippen LogP contribution in [0.1, 0.15) is 50.5 Å². The second-order valence-corrected chi connectivity index (χ2v) is 2.98. The Labute approximate surface area is 79.5 Å². The molecule has 0 aliphatic rings. The normalized spacial score (nSPS) is 17.3. The third-order valence-electron chi connectivity index (χ3n) is 1.70. The van der Waals surface area contributed by atoms with Crippen LogP contribution < -0.4 is 0 Å². The van der Waals surface area contributed by atoms with Crippen LogP contribution in [-0.2, 0) is 9.53 Å². The minimum absolute atomic E-state index is 0.111. The van der Waals surface area contributed by atoms with E-state index in [4.69, 9.17) is 8.85 Å². The van der Waals surface area contributed by atoms with Gasteiger partial charge >= 0.3 is 5.97 Å². The van der Waals surface area contributed by atoms with Crippen LogP contribution in [0.25, 0.3) is 0 Å². The van der Waals surface area contributed by atoms with Crippen LogP contribution in [0.4, 0.5) is 0 Å². The summed E-state index contributed by atoms with van der Waals surface area (Å²) < 4.78 is 26.0. The summed E-state index contributed by atoms with van der Waals surface area (Å²) in [6, 6.07) is 0. The Bertz CT molecular complexity index is 190. The summed E-state index contributed by atoms with van der Waals surface area (Å²) in [4.78, 5) is 11.3. The molecule has 12 heavy (non-hydrogen) atoms. The molecule has 2 heteroatoms. The molecule has 0 fully saturated rings. The van der Waals surface area contributed by atoms with Gasteiger partial charge in [0, 0.05) is 4.11 Å². The Kier molecular flexibility index (Phi) is 4.12. The SMILES string of the molecule is [2H]C([2H])([2H])CC(C)C(=O)OCCCCC. The largest absolute Gasteiger partial charge is 0.465 e. The summed E-state index contributed by atoms with van der Waals surface area (Å²) in [5, 5.41) is 0. The highest BCUT2D eigenvalue weighted by Gasteiger charge is 2.10. The van der Waals surface area contributed by atoms with E-state index in [-0.39, 0.29) is 6.42 Å². The molecule has 0 saturated carbocycles. The lowest BCUT2D eigenvalue weighted by molar-refractivity contribution is -0.148. The van der Waals surface area contributed by atoms with Crippen molar-refractivity contribution in [3.05, 3.63) is 0 Å². The van der Waals surface area contributed by atoms with Crippen molar-refractivity contribution in [1.82, 2.24) is 0 Å². The molecule has 0 N–H and O–H groups in total. The van der Waals surface area contributed by atoms with Gasteiger partial charge in [-0.2, -0.15) is 0 Å². The summed E-state index contributed by atoms with van der Waals surface area (Å²) >= 11 is 0. The van der Waals surface area contributed by atoms with Gasteiger partial charge in [-0.25, -0.2) is 0 Å². The molecule has 0 amide bonds. The lowest BCUT2D eigenvalue weighted by Gasteiger charge is -2.08. The van der Waals surface area contributed by atoms with E-state index in [1.54, 1.807) is 6.92 Å². The molecule has 2 nitrogen and oxygen atoms in total. The molecule has 0 bridgehead atoms. The highest BCUT2D eigenvalue weighted by Crippen LogP contribution is 2.04. The Morgan fingerprint density at radius 1 is 1.58 bits per heavy atom. The standard InChI is InChI=1S/C10H20O2/c1-4-6-7-8-12-10(11)9(3)5-2/h9H,4-8H2,1-3H3/i2D3. The van der Waals surface area contributed by atoms with Gasteiger partial charge in [-0.15, -0.1) is 0 Å². The zero-order valence-electron chi connectivity index (χ0n) is 10.9. The first-order valence-electron chi connectivity index (χ1n) is 6.03. The summed E-state index contributed by atoms with van der Waals surface area (Å²) in [7, 11) is 0. The molecule has 0 spiro atoms. The van der Waals surface area contributed by atoms with Gasteiger partial charge in [0.25, 0.3) is 0 Å². The maximum Gasteiger partial charge on any atom is 0.308 e. The fourth-order valence-electron chi connectivity index (χ4n) is 0.750. The van der Waals surface area contributed by atoms with Gasteiger partial charge < -0.3 is 4.74 Å². The zero-order chi connectivity index (χ0) is 11.9. The van der Waals surface area contributed by atoms with Crippen molar-refractivity contribution in [2.45, 2.75) is 46.4 Å². The Morgan fingerprint density at radius 2 is 2.33 bits per heavy atom. The molecule has 0 rings (SSSR count). The summed E-state index contributed by atoms with van der Waals surface area (Å²) in [6.07, 6.45) is 2.84. The van der Waals surface area contributed by atoms with Crippen LogP contribution in [0.2, 0.25) is 0 Å². The highest BCUT2D eigenvalue weighted by atomic mass is 16.5. The summed E-state index contributed by atoms with van der Waals surface area (Å²) in [5.41, 5.74) is 0. The minimum atomic E-state index is -2.05. The third-order valence-corrected chi connectivity index (χ3v) is 1.70. The van der Waals surface area contributed by atoms with E-state index in [0.717, 1.165) is 19.3 Å². The molecule has 0 aromatic rings. The number of ether oxygens (including phenoxy) is 1. The Balaban J connectivity index is 3.70. The van der Waals surface area contributed by atoms with Crippen LogP contribution in [-0.4, -0.2) is 12.6 Å². The average Bonchev–Trinajstić information content (AvgIpc) is 2.09. The fraction of sp³-hybridized carbons (Fsp3) is 0.900. The number of hydrogen-bond donors (Lipinski definition) is 0. The van der Waals surface area contributed by atoms with Crippen LogP contribution >= 0.6 is 0 Å². The second kappa shape index (κ2) is 7.14. The molecular formula is C10H20O2. The number of rotatable bonds is 6. The number of esters is 1. The smallest absolute Gasteiger partial charge is 0.308 e. The van der Waals surface area contributed by atoms with Crippen LogP contribution in [0.3, 0.4) is 0 Å². The van der Waals surface area contributed by atoms with Crippen molar-refractivity contribution in [1.29, 1.82) is 0 Å². The van der Waals surface area contributed by atoms with E-state index >= 15 is 0 Å². The van der Waals surface area contributed by atoms with Gasteiger partial charge in [-0.3, -0.25) is 4.79 Å². The first-order valence-corrected chi connectivity index (χ1v) is 4.53. The van der Waals surface area contributed by atoms with Crippen LogP contribution in [0.5, 0.6) is 0 Å². The van der Waals surface area contributed by atoms with Crippen molar-refractivity contribution in [3.63, 3.8) is 0 Å². The predicted octanol–water partition coefficient (Wildman–Crippen LogP) is 2.77. The van der Waals surface area contributed by atoms with Crippen molar-refractivity contribution in [2.24, 2.45) is 5.92 Å². The van der Waals surface area contributed by atoms with E-state index in [1.807, 2.05) is 0 Å². The topological polar surface area (TPSA) is 26.3 Å². The van der Waals surface area contributed by atoms with E-state index in [9.17, 15) is 4.79 Å². The summed E-state index contributed by atoms with van der Waals surface area (Å²) in [5.74, 6) is -0.943. The number of carbonyl (C=O) groups is 1. The summed E-state index contributed by atoms with van der Waals surface area (Å²) in [6.45, 7) is 2.01. The molecule has 0 aliphatic carbocycles. The highest BCUT2D eigenvalue weighted by molar-refractivity contribution is 5.71. The fourth-order valence-corrected chi connectivity index (χ4v) is 0.750. The van der Waals surface area contributed by atoms with E-state index < -0.39 is 18.7 Å². The molecule has 0 aromatic carbocycles. The number of unbranched alkanes of at least 4 members (excludes halogenated alkanes) is 2. The van der Waals surface area contributed by atoms with Gasteiger partial charge in [0.1, 0.15) is 0 Å². The maximum atomic E-state index is 11.3. The Hall–Kier alpha value is -0.530. The van der Waals surface area contributed by atoms with Gasteiger partial charge in [0.05, 0.1) is 12.5 Å². The quantitative estimate of drug-likeness (QED) is 0.458. The van der Waals surface area contributed by atoms with Gasteiger partial charge in [0.15, 0.2) is 0 Å². The lowest BCUT2D eigenvalue weighted by atomic mass is 10.1. The first-order chi connectivity index (χ1) is 6.87. The average molecular weight is 175 g/mol. The van der Waals surface area contributed by atoms with Crippen molar-refractivity contribution in [2.75, 3.05) is 6.61 Å². The first kappa shape index (κ1) is 6.93. The predicted molar refractivity (Wildman–Crippen MR) is 49.9 cm³/mol. The van der Waals surface area contributed by atoms with Crippen molar-refractivity contribution >= 4 is 5.97 Å². The molecule has 0 aromatic heterocycles. The van der Waals surface area contributed by atoms with E-state index in [2.05, 4.69) is 6.92 Å². The molecule has 0 radical (unpaired) electrons. The maximum absolute atomic E-state index is 11.3. The van der Waals surface area contributed by atoms with Crippen LogP contribution in [0, 0.1) is 5.92 Å². The van der Waals surface area contributed by atoms with Gasteiger partial charge in [-0.05, 0) is 12.8 Å². The number of hydrogen-bond acceptors (Lipinski definition) is 2. The van der Waals surface area contributed by atoms with Crippen molar-refractivity contribution < 1.29 is 13.6 Å². The molecule has 0 aliphatic heterocycles. The molecule has 72 valence electrons. The Morgan fingerprint density at radius 3 is 2.92 bits per heavy atom. The molecular weight excluding hydrogens is 152 g/mol. The third kappa shape index (κ3) is 5.16. The van der Waals surface area contributed by atoms with Crippen LogP contribution in [0.15, 0.2) is 0 Å². The number of carbonyl (C=O) groups excluding carboxylic acids is 1. The molecule has 1 unspecified atom stereocenters. The monoisotopic (exact) mass is 175 g/mol. The lowest BCUT2D eigenvalue weighted by Crippen LogP contribution is -2.14. The zero-order valence-corrected chi connectivity index (χ0v) is 7.93. The minimum Gasteiger partial charge on any atom is -0.465 e. The second-order valence-electron chi connectivity index (χ2n) is 2.98. The van der Waals surface area contributed by atoms with Crippen molar-refractivity contribution in [3.8, 4) is 0 Å². The van der Waals surface area contributed by atoms with Gasteiger partial charge in [0.2, 0.25) is 0 Å². The van der Waals surface area contributed by atoms with E-state index in [1.165, 1.54) is 0 Å². The van der Waals surface area contributed by atoms with E-state index in [0.29, 0.717) is 6.61 Å². The van der Waals surface area contributed by atoms with Gasteiger partial charge in [-0.1, -0.05) is 33.5 Å². The molecule has 0 saturated heterocycles.